The van der Waals surface area contributed by atoms with Crippen molar-refractivity contribution < 1.29 is 50.0 Å². The molecule has 11 heteroatoms. The minimum Gasteiger partial charge on any atom is -0.394 e. The number of rotatable bonds is 69. The highest BCUT2D eigenvalue weighted by atomic mass is 16.7. The van der Waals surface area contributed by atoms with Crippen molar-refractivity contribution in [2.45, 2.75) is 454 Å². The first-order valence-corrected chi connectivity index (χ1v) is 38.6. The minimum atomic E-state index is -1.66. The number of hydrogen-bond acceptors (Lipinski definition) is 10. The molecule has 518 valence electrons. The largest absolute Gasteiger partial charge is 0.394 e. The van der Waals surface area contributed by atoms with E-state index in [0.717, 1.165) is 38.5 Å². The lowest BCUT2D eigenvalue weighted by molar-refractivity contribution is -0.303. The predicted octanol–water partition coefficient (Wildman–Crippen LogP) is 19.4. The maximum absolute atomic E-state index is 13.3. The molecule has 87 heavy (non-hydrogen) atoms. The summed E-state index contributed by atoms with van der Waals surface area (Å²) in [5.41, 5.74) is 0. The Labute approximate surface area is 538 Å². The number of allylic oxidation sites excluding steroid dienone is 2. The second kappa shape index (κ2) is 64.9. The first kappa shape index (κ1) is 83.9. The van der Waals surface area contributed by atoms with Crippen LogP contribution in [-0.2, 0) is 14.3 Å². The van der Waals surface area contributed by atoms with Gasteiger partial charge in [-0.2, -0.15) is 0 Å². The van der Waals surface area contributed by atoms with Crippen molar-refractivity contribution in [1.29, 1.82) is 0 Å². The van der Waals surface area contributed by atoms with Crippen LogP contribution in [-0.4, -0.2) is 110 Å². The second-order valence-electron chi connectivity index (χ2n) is 27.4. The van der Waals surface area contributed by atoms with E-state index < -0.39 is 74.2 Å². The molecule has 0 aliphatic carbocycles. The van der Waals surface area contributed by atoms with E-state index >= 15 is 0 Å². The van der Waals surface area contributed by atoms with Crippen LogP contribution in [0.25, 0.3) is 0 Å². The van der Waals surface area contributed by atoms with Gasteiger partial charge in [0.15, 0.2) is 6.29 Å². The van der Waals surface area contributed by atoms with Gasteiger partial charge in [-0.25, -0.2) is 0 Å². The van der Waals surface area contributed by atoms with E-state index in [1.54, 1.807) is 0 Å². The average Bonchev–Trinajstić information content (AvgIpc) is 1.98. The first-order valence-electron chi connectivity index (χ1n) is 38.6. The molecule has 0 aromatic heterocycles. The SMILES string of the molecule is CCCCCCCCCCCCCC/C=C\CCCCCCCCCCCCCCCC(O)C(=O)NC(COC1OC(CO)C(O)C(O)C1O)C(O)C(O)CCCCCCCCCCCCCCCCCCCCCCCCCCCCCCCCC. The summed E-state index contributed by atoms with van der Waals surface area (Å²) in [6.07, 6.45) is 70.3. The van der Waals surface area contributed by atoms with E-state index in [9.17, 15) is 40.5 Å². The van der Waals surface area contributed by atoms with Gasteiger partial charge >= 0.3 is 0 Å². The van der Waals surface area contributed by atoms with Crippen LogP contribution in [0.15, 0.2) is 12.2 Å². The molecule has 1 saturated heterocycles. The molecule has 1 aliphatic rings. The van der Waals surface area contributed by atoms with Gasteiger partial charge in [-0.15, -0.1) is 0 Å². The van der Waals surface area contributed by atoms with Crippen molar-refractivity contribution in [2.75, 3.05) is 13.2 Å². The van der Waals surface area contributed by atoms with Crippen LogP contribution in [0.2, 0.25) is 0 Å². The highest BCUT2D eigenvalue weighted by Gasteiger charge is 2.44. The molecule has 0 radical (unpaired) electrons. The molecule has 1 fully saturated rings. The molecule has 9 atom stereocenters. The van der Waals surface area contributed by atoms with E-state index in [-0.39, 0.29) is 6.42 Å². The van der Waals surface area contributed by atoms with Crippen molar-refractivity contribution in [1.82, 2.24) is 5.32 Å². The van der Waals surface area contributed by atoms with Crippen LogP contribution in [0.5, 0.6) is 0 Å². The number of carbonyl (C=O) groups is 1. The summed E-state index contributed by atoms with van der Waals surface area (Å²) in [7, 11) is 0. The molecule has 0 saturated carbocycles. The normalized spacial score (nSPS) is 18.7. The molecule has 11 nitrogen and oxygen atoms in total. The summed E-state index contributed by atoms with van der Waals surface area (Å²) in [5, 5.41) is 76.7. The Morgan fingerprint density at radius 3 is 0.966 bits per heavy atom. The summed E-state index contributed by atoms with van der Waals surface area (Å²) in [6.45, 7) is 3.53. The number of aliphatic hydroxyl groups excluding tert-OH is 7. The number of nitrogens with one attached hydrogen (secondary N) is 1. The van der Waals surface area contributed by atoms with Crippen molar-refractivity contribution in [3.63, 3.8) is 0 Å². The Kier molecular flexibility index (Phi) is 62.6. The quantitative estimate of drug-likeness (QED) is 0.0215. The first-order chi connectivity index (χ1) is 42.7. The zero-order chi connectivity index (χ0) is 63.1. The van der Waals surface area contributed by atoms with Gasteiger partial charge in [-0.05, 0) is 38.5 Å². The Hall–Kier alpha value is -1.15. The van der Waals surface area contributed by atoms with E-state index in [4.69, 9.17) is 9.47 Å². The van der Waals surface area contributed by atoms with Crippen molar-refractivity contribution in [2.24, 2.45) is 0 Å². The van der Waals surface area contributed by atoms with Gasteiger partial charge in [0.2, 0.25) is 5.91 Å². The van der Waals surface area contributed by atoms with Crippen LogP contribution in [0, 0.1) is 0 Å². The van der Waals surface area contributed by atoms with Gasteiger partial charge in [0.05, 0.1) is 25.4 Å². The predicted molar refractivity (Wildman–Crippen MR) is 367 cm³/mol. The average molecular weight is 1240 g/mol. The molecule has 0 aromatic carbocycles. The Balaban J connectivity index is 2.15. The summed E-state index contributed by atoms with van der Waals surface area (Å²) in [4.78, 5) is 13.3. The third kappa shape index (κ3) is 52.0. The molecular formula is C76H149NO10. The number of aliphatic hydroxyl groups is 7. The molecule has 0 bridgehead atoms. The monoisotopic (exact) mass is 1240 g/mol. The molecule has 8 N–H and O–H groups in total. The van der Waals surface area contributed by atoms with Crippen LogP contribution >= 0.6 is 0 Å². The lowest BCUT2D eigenvalue weighted by Crippen LogP contribution is -2.60. The van der Waals surface area contributed by atoms with Crippen LogP contribution in [0.1, 0.15) is 399 Å². The number of carbonyl (C=O) groups excluding carboxylic acids is 1. The van der Waals surface area contributed by atoms with E-state index in [1.807, 2.05) is 0 Å². The maximum Gasteiger partial charge on any atom is 0.249 e. The van der Waals surface area contributed by atoms with E-state index in [0.29, 0.717) is 19.3 Å². The summed E-state index contributed by atoms with van der Waals surface area (Å²) in [5.74, 6) is -0.688. The maximum atomic E-state index is 13.3. The molecule has 1 aliphatic heterocycles. The minimum absolute atomic E-state index is 0.264. The third-order valence-corrected chi connectivity index (χ3v) is 19.1. The molecule has 9 unspecified atom stereocenters. The number of unbranched alkanes of at least 4 members (excludes halogenated alkanes) is 55. The Bertz CT molecular complexity index is 1420. The number of amides is 1. The smallest absolute Gasteiger partial charge is 0.249 e. The third-order valence-electron chi connectivity index (χ3n) is 19.1. The van der Waals surface area contributed by atoms with Gasteiger partial charge in [0, 0.05) is 0 Å². The van der Waals surface area contributed by atoms with E-state index in [1.165, 1.54) is 321 Å². The van der Waals surface area contributed by atoms with Gasteiger partial charge in [-0.1, -0.05) is 373 Å². The standard InChI is InChI=1S/C76H149NO10/c1-3-5-7-9-11-13-15-17-19-21-23-25-27-29-31-33-34-36-37-39-41-43-45-47-49-51-53-55-57-59-61-63-68(79)71(81)67(66-86-76-74(84)73(83)72(82)70(65-78)87-76)77-75(85)69(80)64-62-60-58-56-54-52-50-48-46-44-42-40-38-35-32-30-28-26-24-22-20-18-16-14-12-10-8-6-4-2/h30,32,67-74,76,78-84H,3-29,31,33-66H2,1-2H3,(H,77,85)/b32-30-. The van der Waals surface area contributed by atoms with Crippen LogP contribution in [0.3, 0.4) is 0 Å². The molecular weight excluding hydrogens is 1090 g/mol. The van der Waals surface area contributed by atoms with Gasteiger partial charge in [0.1, 0.15) is 36.6 Å². The highest BCUT2D eigenvalue weighted by Crippen LogP contribution is 2.24. The number of hydrogen-bond donors (Lipinski definition) is 8. The molecule has 1 rings (SSSR count). The zero-order valence-electron chi connectivity index (χ0n) is 57.5. The van der Waals surface area contributed by atoms with Crippen LogP contribution < -0.4 is 5.32 Å². The lowest BCUT2D eigenvalue weighted by Gasteiger charge is -2.40. The Morgan fingerprint density at radius 1 is 0.391 bits per heavy atom. The Morgan fingerprint density at radius 2 is 0.667 bits per heavy atom. The van der Waals surface area contributed by atoms with Gasteiger partial charge < -0.3 is 50.5 Å². The fraction of sp³-hybridized carbons (Fsp3) is 0.961. The number of ether oxygens (including phenoxy) is 2. The fourth-order valence-corrected chi connectivity index (χ4v) is 12.9. The highest BCUT2D eigenvalue weighted by molar-refractivity contribution is 5.80. The van der Waals surface area contributed by atoms with Crippen molar-refractivity contribution in [3.05, 3.63) is 12.2 Å². The van der Waals surface area contributed by atoms with Crippen LogP contribution in [0.4, 0.5) is 0 Å². The van der Waals surface area contributed by atoms with Crippen molar-refractivity contribution >= 4 is 5.91 Å². The lowest BCUT2D eigenvalue weighted by atomic mass is 9.98. The van der Waals surface area contributed by atoms with Gasteiger partial charge in [-0.3, -0.25) is 4.79 Å². The zero-order valence-corrected chi connectivity index (χ0v) is 57.5. The second-order valence-corrected chi connectivity index (χ2v) is 27.4. The molecule has 1 amide bonds. The topological polar surface area (TPSA) is 189 Å². The summed E-state index contributed by atoms with van der Waals surface area (Å²) >= 11 is 0. The van der Waals surface area contributed by atoms with Crippen molar-refractivity contribution in [3.8, 4) is 0 Å². The van der Waals surface area contributed by atoms with Gasteiger partial charge in [0.25, 0.3) is 0 Å². The summed E-state index contributed by atoms with van der Waals surface area (Å²) < 4.78 is 11.2. The van der Waals surface area contributed by atoms with E-state index in [2.05, 4.69) is 31.3 Å². The fourth-order valence-electron chi connectivity index (χ4n) is 12.9. The molecule has 0 spiro atoms. The summed E-state index contributed by atoms with van der Waals surface area (Å²) in [6, 6.07) is -1.17. The molecule has 1 heterocycles. The molecule has 0 aromatic rings.